The first-order valence-corrected chi connectivity index (χ1v) is 18.4. The van der Waals surface area contributed by atoms with Crippen molar-refractivity contribution in [1.29, 1.82) is 0 Å². The standard InChI is InChI=1S/C38H51N3O4S.H2OS/c1-5-7-18-38(6-2)23-34(33-20-30(41(3)4)16-17-35(33)46-26-38)28-14-11-15-29(19-28)39-37(43)40-36-22-31(21-32(24-42)45-36)44-25-27-12-9-8-10-13-27;1-2/h8-17,19-20,31-32,34,36,42H,5-7,18,21-26H2,1-4H3,(H2,39,40,43);1-2H/t31?,32?,34-,36-,38+;/m1./s1. The van der Waals surface area contributed by atoms with Crippen LogP contribution in [0, 0.1) is 5.41 Å². The van der Waals surface area contributed by atoms with Gasteiger partial charge in [0.05, 0.1) is 25.4 Å². The van der Waals surface area contributed by atoms with E-state index in [0.29, 0.717) is 19.4 Å². The Kier molecular flexibility index (Phi) is 15.0. The number of nitrogens with zero attached hydrogens (tertiary/aromatic N) is 1. The first-order chi connectivity index (χ1) is 23.3. The Balaban J connectivity index is 0.00000255. The number of amides is 2. The van der Waals surface area contributed by atoms with Gasteiger partial charge in [-0.25, -0.2) is 4.79 Å². The molecule has 8 nitrogen and oxygen atoms in total. The highest BCUT2D eigenvalue weighted by atomic mass is 32.2. The van der Waals surface area contributed by atoms with E-state index in [1.54, 1.807) is 0 Å². The van der Waals surface area contributed by atoms with Crippen LogP contribution in [0.1, 0.15) is 81.4 Å². The lowest BCUT2D eigenvalue weighted by Crippen LogP contribution is -2.48. The van der Waals surface area contributed by atoms with E-state index in [9.17, 15) is 9.90 Å². The second-order valence-corrected chi connectivity index (χ2v) is 14.2. The maximum atomic E-state index is 13.3. The quantitative estimate of drug-likeness (QED) is 0.0956. The lowest BCUT2D eigenvalue weighted by atomic mass is 9.71. The summed E-state index contributed by atoms with van der Waals surface area (Å²) in [7, 11) is 4.19. The van der Waals surface area contributed by atoms with Crippen LogP contribution in [-0.4, -0.2) is 60.6 Å². The molecule has 0 aromatic heterocycles. The van der Waals surface area contributed by atoms with E-state index in [1.165, 1.54) is 41.0 Å². The van der Waals surface area contributed by atoms with Gasteiger partial charge in [0.25, 0.3) is 0 Å². The molecule has 10 heteroatoms. The number of unbranched alkanes of at least 4 members (excludes halogenated alkanes) is 1. The molecule has 0 spiro atoms. The van der Waals surface area contributed by atoms with Crippen molar-refractivity contribution in [3.05, 3.63) is 89.5 Å². The van der Waals surface area contributed by atoms with Gasteiger partial charge in [-0.2, -0.15) is 0 Å². The summed E-state index contributed by atoms with van der Waals surface area (Å²) in [6.07, 6.45) is 5.90. The molecule has 1 fully saturated rings. The SMILES string of the molecule is CCCC[C@]1(CC)CSc2ccc(N(C)C)cc2[C@@H](c2cccc(NC(=O)N[C@H]3CC(OCc4ccccc4)CC(CO)O3)c2)C1.OS. The third-order valence-corrected chi connectivity index (χ3v) is 11.0. The number of thioether (sulfide) groups is 1. The summed E-state index contributed by atoms with van der Waals surface area (Å²) in [6, 6.07) is 24.9. The number of fused-ring (bicyclic) bond motifs is 1. The van der Waals surface area contributed by atoms with Crippen molar-refractivity contribution < 1.29 is 23.9 Å². The molecule has 0 saturated carbocycles. The van der Waals surface area contributed by atoms with Gasteiger partial charge in [-0.05, 0) is 84.6 Å². The minimum atomic E-state index is -0.561. The van der Waals surface area contributed by atoms with Crippen LogP contribution in [0.2, 0.25) is 0 Å². The average Bonchev–Trinajstić information content (AvgIpc) is 3.28. The molecule has 2 amide bonds. The van der Waals surface area contributed by atoms with Crippen molar-refractivity contribution in [3.63, 3.8) is 0 Å². The summed E-state index contributed by atoms with van der Waals surface area (Å²) in [5.74, 6) is 1.35. The van der Waals surface area contributed by atoms with E-state index >= 15 is 0 Å². The lowest BCUT2D eigenvalue weighted by molar-refractivity contribution is -0.136. The zero-order valence-corrected chi connectivity index (χ0v) is 30.4. The molecule has 5 atom stereocenters. The van der Waals surface area contributed by atoms with Gasteiger partial charge in [0.15, 0.2) is 0 Å². The highest BCUT2D eigenvalue weighted by Crippen LogP contribution is 2.51. The Morgan fingerprint density at radius 2 is 1.85 bits per heavy atom. The van der Waals surface area contributed by atoms with Crippen LogP contribution >= 0.6 is 24.7 Å². The molecule has 2 heterocycles. The molecule has 262 valence electrons. The molecule has 2 aliphatic rings. The predicted octanol–water partition coefficient (Wildman–Crippen LogP) is 8.56. The van der Waals surface area contributed by atoms with E-state index in [1.807, 2.05) is 54.2 Å². The number of hydrogen-bond acceptors (Lipinski definition) is 8. The minimum absolute atomic E-state index is 0.124. The van der Waals surface area contributed by atoms with E-state index in [2.05, 4.69) is 86.7 Å². The Hall–Kier alpha value is -2.73. The van der Waals surface area contributed by atoms with E-state index in [4.69, 9.17) is 14.0 Å². The molecule has 5 rings (SSSR count). The summed E-state index contributed by atoms with van der Waals surface area (Å²) in [5.41, 5.74) is 5.89. The second-order valence-electron chi connectivity index (χ2n) is 13.2. The fourth-order valence-corrected chi connectivity index (χ4v) is 8.21. The molecule has 48 heavy (non-hydrogen) atoms. The molecular weight excluding hydrogens is 643 g/mol. The highest BCUT2D eigenvalue weighted by molar-refractivity contribution is 7.99. The maximum absolute atomic E-state index is 13.3. The van der Waals surface area contributed by atoms with Crippen molar-refractivity contribution in [2.45, 2.75) is 94.6 Å². The van der Waals surface area contributed by atoms with Crippen molar-refractivity contribution in [3.8, 4) is 0 Å². The van der Waals surface area contributed by atoms with Gasteiger partial charge in [0.1, 0.15) is 6.23 Å². The number of aliphatic hydroxyl groups excluding tert-OH is 1. The Morgan fingerprint density at radius 1 is 1.06 bits per heavy atom. The lowest BCUT2D eigenvalue weighted by Gasteiger charge is -2.35. The topological polar surface area (TPSA) is 103 Å². The fourth-order valence-electron chi connectivity index (χ4n) is 6.75. The number of carbonyl (C=O) groups excluding carboxylic acids is 1. The van der Waals surface area contributed by atoms with E-state index in [0.717, 1.165) is 29.8 Å². The average molecular weight is 696 g/mol. The van der Waals surface area contributed by atoms with Gasteiger partial charge < -0.3 is 34.7 Å². The van der Waals surface area contributed by atoms with Gasteiger partial charge in [-0.1, -0.05) is 69.2 Å². The molecular formula is C38H53N3O5S2. The van der Waals surface area contributed by atoms with Crippen molar-refractivity contribution in [2.24, 2.45) is 5.41 Å². The third-order valence-electron chi connectivity index (χ3n) is 9.60. The molecule has 0 bridgehead atoms. The summed E-state index contributed by atoms with van der Waals surface area (Å²) in [4.78, 5) is 16.8. The first kappa shape index (κ1) is 38.1. The van der Waals surface area contributed by atoms with Crippen LogP contribution in [-0.2, 0) is 16.1 Å². The molecule has 2 aliphatic heterocycles. The number of aliphatic hydroxyl groups is 1. The molecule has 2 unspecified atom stereocenters. The molecule has 4 N–H and O–H groups in total. The monoisotopic (exact) mass is 695 g/mol. The maximum Gasteiger partial charge on any atom is 0.321 e. The van der Waals surface area contributed by atoms with Gasteiger partial charge in [-0.3, -0.25) is 0 Å². The van der Waals surface area contributed by atoms with Crippen molar-refractivity contribution in [1.82, 2.24) is 5.32 Å². The summed E-state index contributed by atoms with van der Waals surface area (Å²) in [5, 5.41) is 15.9. The predicted molar refractivity (Wildman–Crippen MR) is 200 cm³/mol. The van der Waals surface area contributed by atoms with Crippen LogP contribution in [0.5, 0.6) is 0 Å². The third kappa shape index (κ3) is 10.4. The zero-order chi connectivity index (χ0) is 34.5. The van der Waals surface area contributed by atoms with Crippen LogP contribution < -0.4 is 15.5 Å². The number of urea groups is 1. The zero-order valence-electron chi connectivity index (χ0n) is 28.7. The van der Waals surface area contributed by atoms with Gasteiger partial charge in [0.2, 0.25) is 0 Å². The smallest absolute Gasteiger partial charge is 0.321 e. The molecule has 1 saturated heterocycles. The van der Waals surface area contributed by atoms with Gasteiger partial charge in [0, 0.05) is 54.9 Å². The normalized spacial score (nSPS) is 23.6. The number of nitrogens with one attached hydrogen (secondary N) is 2. The minimum Gasteiger partial charge on any atom is -0.394 e. The van der Waals surface area contributed by atoms with Gasteiger partial charge in [-0.15, -0.1) is 11.8 Å². The first-order valence-electron chi connectivity index (χ1n) is 17.0. The highest BCUT2D eigenvalue weighted by Gasteiger charge is 2.37. The van der Waals surface area contributed by atoms with Crippen molar-refractivity contribution >= 4 is 42.1 Å². The van der Waals surface area contributed by atoms with Crippen LogP contribution in [0.25, 0.3) is 0 Å². The van der Waals surface area contributed by atoms with E-state index in [-0.39, 0.29) is 30.1 Å². The summed E-state index contributed by atoms with van der Waals surface area (Å²) >= 11 is 4.54. The molecule has 0 radical (unpaired) electrons. The summed E-state index contributed by atoms with van der Waals surface area (Å²) < 4.78 is 18.8. The number of anilines is 2. The summed E-state index contributed by atoms with van der Waals surface area (Å²) in [6.45, 7) is 4.99. The Bertz CT molecular complexity index is 1430. The van der Waals surface area contributed by atoms with Gasteiger partial charge >= 0.3 is 6.03 Å². The number of rotatable bonds is 12. The van der Waals surface area contributed by atoms with Crippen LogP contribution in [0.4, 0.5) is 16.2 Å². The number of ether oxygens (including phenoxy) is 2. The number of hydrogen-bond donors (Lipinski definition) is 5. The largest absolute Gasteiger partial charge is 0.394 e. The fraction of sp³-hybridized carbons (Fsp3) is 0.500. The van der Waals surface area contributed by atoms with Crippen LogP contribution in [0.3, 0.4) is 0 Å². The molecule has 0 aliphatic carbocycles. The molecule has 3 aromatic carbocycles. The Labute approximate surface area is 296 Å². The van der Waals surface area contributed by atoms with Crippen molar-refractivity contribution in [2.75, 3.05) is 36.7 Å². The Morgan fingerprint density at radius 3 is 2.56 bits per heavy atom. The number of carbonyl (C=O) groups is 1. The number of thiol groups is 1. The second kappa shape index (κ2) is 18.9. The van der Waals surface area contributed by atoms with E-state index < -0.39 is 12.3 Å². The van der Waals surface area contributed by atoms with Crippen LogP contribution in [0.15, 0.2) is 77.7 Å². The number of benzene rings is 3. The molecule has 3 aromatic rings.